The summed E-state index contributed by atoms with van der Waals surface area (Å²) in [4.78, 5) is 8.09. The molecule has 0 fully saturated rings. The van der Waals surface area contributed by atoms with E-state index in [-0.39, 0.29) is 30.0 Å². The Morgan fingerprint density at radius 1 is 1.12 bits per heavy atom. The topological polar surface area (TPSA) is 20.6 Å². The van der Waals surface area contributed by atoms with Crippen molar-refractivity contribution in [3.8, 4) is 0 Å². The molecule has 3 nitrogen and oxygen atoms in total. The first-order valence-corrected chi connectivity index (χ1v) is 8.43. The summed E-state index contributed by atoms with van der Waals surface area (Å²) in [7, 11) is 2.10. The molecule has 2 atom stereocenters. The monoisotopic (exact) mass is 463 g/mol. The number of aromatic nitrogens is 1. The summed E-state index contributed by atoms with van der Waals surface area (Å²) in [6.07, 6.45) is 6.26. The van der Waals surface area contributed by atoms with Crippen molar-refractivity contribution in [1.29, 1.82) is 0 Å². The first kappa shape index (κ1) is 18.2. The van der Waals surface area contributed by atoms with Gasteiger partial charge in [-0.1, -0.05) is 41.9 Å². The summed E-state index contributed by atoms with van der Waals surface area (Å²) in [5.41, 5.74) is 3.52. The normalized spacial score (nSPS) is 17.5. The zero-order valence-corrected chi connectivity index (χ0v) is 16.8. The molecular formula is C20H19ClIN3. The molecule has 25 heavy (non-hydrogen) atoms. The largest absolute Gasteiger partial charge is 1.00 e. The van der Waals surface area contributed by atoms with Gasteiger partial charge in [0, 0.05) is 34.8 Å². The molecule has 2 unspecified atom stereocenters. The Hall–Kier alpha value is -1.63. The third-order valence-electron chi connectivity index (χ3n) is 4.52. The quantitative estimate of drug-likeness (QED) is 0.562. The Morgan fingerprint density at radius 3 is 2.72 bits per heavy atom. The van der Waals surface area contributed by atoms with Crippen LogP contribution in [0, 0.1) is 0 Å². The summed E-state index contributed by atoms with van der Waals surface area (Å²) in [5, 5.41) is 1.97. The fourth-order valence-electron chi connectivity index (χ4n) is 3.45. The van der Waals surface area contributed by atoms with Gasteiger partial charge < -0.3 is 28.9 Å². The first-order valence-electron chi connectivity index (χ1n) is 8.05. The molecule has 4 rings (SSSR count). The molecule has 2 aromatic carbocycles. The van der Waals surface area contributed by atoms with Gasteiger partial charge in [0.25, 0.3) is 0 Å². The van der Waals surface area contributed by atoms with Crippen molar-refractivity contribution in [2.45, 2.75) is 6.04 Å². The lowest BCUT2D eigenvalue weighted by atomic mass is 9.95. The summed E-state index contributed by atoms with van der Waals surface area (Å²) in [6, 6.07) is 18.8. The van der Waals surface area contributed by atoms with E-state index in [0.717, 1.165) is 17.2 Å². The molecule has 0 aliphatic carbocycles. The molecule has 2 heterocycles. The number of quaternary nitrogens is 1. The van der Waals surface area contributed by atoms with E-state index in [1.165, 1.54) is 21.4 Å². The van der Waals surface area contributed by atoms with Crippen molar-refractivity contribution in [3.63, 3.8) is 0 Å². The predicted molar refractivity (Wildman–Crippen MR) is 97.8 cm³/mol. The average molecular weight is 464 g/mol. The van der Waals surface area contributed by atoms with Crippen LogP contribution in [0.25, 0.3) is 10.9 Å². The number of hydrogen-bond acceptors (Lipinski definition) is 2. The number of hydrogen-bond donors (Lipinski definition) is 1. The summed E-state index contributed by atoms with van der Waals surface area (Å²) < 4.78 is 0. The van der Waals surface area contributed by atoms with E-state index in [0.29, 0.717) is 0 Å². The third-order valence-corrected chi connectivity index (χ3v) is 4.76. The highest BCUT2D eigenvalue weighted by molar-refractivity contribution is 6.30. The highest BCUT2D eigenvalue weighted by atomic mass is 127. The molecule has 0 amide bonds. The molecule has 0 bridgehead atoms. The van der Waals surface area contributed by atoms with Crippen LogP contribution in [0.1, 0.15) is 17.2 Å². The van der Waals surface area contributed by atoms with Crippen LogP contribution in [0.5, 0.6) is 0 Å². The Bertz CT molecular complexity index is 907. The van der Waals surface area contributed by atoms with Gasteiger partial charge in [0.1, 0.15) is 12.2 Å². The minimum Gasteiger partial charge on any atom is -1.00 e. The number of nitrogens with one attached hydrogen (secondary N) is 1. The van der Waals surface area contributed by atoms with Crippen molar-refractivity contribution in [2.75, 3.05) is 13.7 Å². The van der Waals surface area contributed by atoms with Gasteiger partial charge in [0.05, 0.1) is 11.7 Å². The fourth-order valence-corrected chi connectivity index (χ4v) is 3.65. The van der Waals surface area contributed by atoms with Crippen LogP contribution in [0.3, 0.4) is 0 Å². The van der Waals surface area contributed by atoms with Gasteiger partial charge in [0.2, 0.25) is 0 Å². The van der Waals surface area contributed by atoms with Gasteiger partial charge in [-0.25, -0.2) is 0 Å². The minimum atomic E-state index is 0. The number of benzene rings is 2. The standard InChI is InChI=1S/C20H18ClN3.HI/c1-23-11-12-24(14-23)20(15-5-4-6-16(21)13-15)18-9-10-22-19-8-3-2-7-17(18)19;/h2-13,20H,14H2,1H3;1H. The Labute approximate surface area is 169 Å². The van der Waals surface area contributed by atoms with Crippen LogP contribution < -0.4 is 28.9 Å². The third kappa shape index (κ3) is 3.66. The predicted octanol–water partition coefficient (Wildman–Crippen LogP) is 0.241. The number of rotatable bonds is 3. The van der Waals surface area contributed by atoms with E-state index in [4.69, 9.17) is 11.6 Å². The molecular weight excluding hydrogens is 445 g/mol. The fraction of sp³-hybridized carbons (Fsp3) is 0.150. The molecule has 0 spiro atoms. The van der Waals surface area contributed by atoms with Crippen molar-refractivity contribution in [1.82, 2.24) is 9.88 Å². The van der Waals surface area contributed by atoms with Crippen molar-refractivity contribution < 1.29 is 28.9 Å². The lowest BCUT2D eigenvalue weighted by molar-refractivity contribution is -0.875. The van der Waals surface area contributed by atoms with Gasteiger partial charge in [0.15, 0.2) is 6.67 Å². The van der Waals surface area contributed by atoms with Gasteiger partial charge >= 0.3 is 0 Å². The Balaban J connectivity index is 0.00000182. The van der Waals surface area contributed by atoms with Crippen molar-refractivity contribution >= 4 is 22.5 Å². The second-order valence-electron chi connectivity index (χ2n) is 6.21. The maximum atomic E-state index is 6.28. The van der Waals surface area contributed by atoms with Crippen LogP contribution in [0.4, 0.5) is 0 Å². The van der Waals surface area contributed by atoms with E-state index >= 15 is 0 Å². The lowest BCUT2D eigenvalue weighted by Crippen LogP contribution is -3.07. The molecule has 1 aliphatic heterocycles. The lowest BCUT2D eigenvalue weighted by Gasteiger charge is -2.25. The van der Waals surface area contributed by atoms with Gasteiger partial charge in [-0.15, -0.1) is 0 Å². The number of halogens is 2. The second kappa shape index (κ2) is 7.72. The molecule has 0 saturated heterocycles. The Morgan fingerprint density at radius 2 is 1.96 bits per heavy atom. The van der Waals surface area contributed by atoms with E-state index in [1.54, 1.807) is 0 Å². The summed E-state index contributed by atoms with van der Waals surface area (Å²) >= 11 is 6.28. The molecule has 1 aliphatic rings. The van der Waals surface area contributed by atoms with E-state index in [2.05, 4.69) is 65.7 Å². The second-order valence-corrected chi connectivity index (χ2v) is 6.65. The van der Waals surface area contributed by atoms with Crippen LogP contribution in [0.2, 0.25) is 5.02 Å². The zero-order valence-electron chi connectivity index (χ0n) is 13.9. The minimum absolute atomic E-state index is 0. The van der Waals surface area contributed by atoms with Crippen LogP contribution in [-0.2, 0) is 0 Å². The molecule has 3 aromatic rings. The smallest absolute Gasteiger partial charge is 0.157 e. The van der Waals surface area contributed by atoms with Crippen molar-refractivity contribution in [2.24, 2.45) is 0 Å². The zero-order chi connectivity index (χ0) is 16.5. The SMILES string of the molecule is CN1C=C[NH+](C(c2cccc(Cl)c2)c2ccnc3ccccc23)C1.[I-]. The number of fused-ring (bicyclic) bond motifs is 1. The van der Waals surface area contributed by atoms with E-state index < -0.39 is 0 Å². The molecule has 0 radical (unpaired) electrons. The van der Waals surface area contributed by atoms with Crippen molar-refractivity contribution in [3.05, 3.63) is 89.3 Å². The summed E-state index contributed by atoms with van der Waals surface area (Å²) in [6.45, 7) is 0.924. The number of para-hydroxylation sites is 1. The Kier molecular flexibility index (Phi) is 5.61. The molecule has 5 heteroatoms. The average Bonchev–Trinajstić information content (AvgIpc) is 3.01. The van der Waals surface area contributed by atoms with Crippen LogP contribution in [0.15, 0.2) is 73.2 Å². The number of pyridine rings is 1. The molecule has 128 valence electrons. The molecule has 0 saturated carbocycles. The van der Waals surface area contributed by atoms with Gasteiger partial charge in [-0.05, 0) is 24.3 Å². The van der Waals surface area contributed by atoms with Crippen LogP contribution in [-0.4, -0.2) is 23.6 Å². The highest BCUT2D eigenvalue weighted by Gasteiger charge is 2.29. The maximum absolute atomic E-state index is 6.28. The van der Waals surface area contributed by atoms with Gasteiger partial charge in [-0.3, -0.25) is 9.88 Å². The molecule has 1 aromatic heterocycles. The number of nitrogens with zero attached hydrogens (tertiary/aromatic N) is 2. The van der Waals surface area contributed by atoms with Gasteiger partial charge in [-0.2, -0.15) is 0 Å². The van der Waals surface area contributed by atoms with E-state index in [9.17, 15) is 0 Å². The van der Waals surface area contributed by atoms with E-state index in [1.807, 2.05) is 24.4 Å². The summed E-state index contributed by atoms with van der Waals surface area (Å²) in [5.74, 6) is 0. The van der Waals surface area contributed by atoms with Crippen LogP contribution >= 0.6 is 11.6 Å². The first-order chi connectivity index (χ1) is 11.7. The maximum Gasteiger partial charge on any atom is 0.157 e. The highest BCUT2D eigenvalue weighted by Crippen LogP contribution is 2.28. The molecule has 1 N–H and O–H groups in total.